The third kappa shape index (κ3) is 6.64. The molecule has 3 amide bonds. The van der Waals surface area contributed by atoms with Gasteiger partial charge in [0, 0.05) is 30.1 Å². The van der Waals surface area contributed by atoms with E-state index in [4.69, 9.17) is 10.8 Å². The van der Waals surface area contributed by atoms with Crippen molar-refractivity contribution < 1.29 is 34.2 Å². The monoisotopic (exact) mass is 515 g/mol. The van der Waals surface area contributed by atoms with E-state index >= 15 is 0 Å². The number of hydrogen-bond donors (Lipinski definition) is 6. The summed E-state index contributed by atoms with van der Waals surface area (Å²) in [5, 5.41) is 24.1. The minimum Gasteiger partial charge on any atom is -0.481 e. The van der Waals surface area contributed by atoms with Crippen molar-refractivity contribution in [1.82, 2.24) is 20.5 Å². The molecule has 1 saturated heterocycles. The van der Waals surface area contributed by atoms with Crippen LogP contribution in [0.2, 0.25) is 0 Å². The molecular formula is C25H33N5O7. The molecule has 1 aliphatic rings. The molecule has 0 spiro atoms. The number of benzene rings is 1. The number of hydrogen-bond acceptors (Lipinski definition) is 6. The Hall–Kier alpha value is -3.93. The van der Waals surface area contributed by atoms with E-state index in [1.54, 1.807) is 6.20 Å². The number of aromatic amines is 1. The lowest BCUT2D eigenvalue weighted by molar-refractivity contribution is -0.147. The number of para-hydroxylation sites is 1. The average Bonchev–Trinajstić information content (AvgIpc) is 3.49. The van der Waals surface area contributed by atoms with Crippen LogP contribution in [0.1, 0.15) is 38.7 Å². The van der Waals surface area contributed by atoms with Crippen molar-refractivity contribution in [2.24, 2.45) is 11.7 Å². The molecule has 3 rings (SSSR count). The zero-order valence-electron chi connectivity index (χ0n) is 20.8. The highest BCUT2D eigenvalue weighted by molar-refractivity contribution is 5.95. The lowest BCUT2D eigenvalue weighted by atomic mass is 10.0. The van der Waals surface area contributed by atoms with Crippen molar-refractivity contribution in [3.05, 3.63) is 36.0 Å². The summed E-state index contributed by atoms with van der Waals surface area (Å²) in [6, 6.07) is 2.84. The molecule has 2 heterocycles. The summed E-state index contributed by atoms with van der Waals surface area (Å²) in [6.07, 6.45) is 1.85. The number of carbonyl (C=O) groups excluding carboxylic acids is 3. The lowest BCUT2D eigenvalue weighted by Gasteiger charge is -2.29. The highest BCUT2D eigenvalue weighted by Gasteiger charge is 2.38. The third-order valence-corrected chi connectivity index (χ3v) is 6.57. The molecule has 37 heavy (non-hydrogen) atoms. The molecule has 0 radical (unpaired) electrons. The maximum Gasteiger partial charge on any atom is 0.326 e. The number of amides is 3. The van der Waals surface area contributed by atoms with E-state index in [0.717, 1.165) is 10.9 Å². The first-order valence-electron chi connectivity index (χ1n) is 12.2. The number of carbonyl (C=O) groups is 5. The van der Waals surface area contributed by atoms with E-state index in [2.05, 4.69) is 15.6 Å². The molecule has 200 valence electrons. The third-order valence-electron chi connectivity index (χ3n) is 6.57. The number of carboxylic acids is 2. The van der Waals surface area contributed by atoms with Crippen LogP contribution in [0, 0.1) is 5.92 Å². The molecule has 0 saturated carbocycles. The second-order valence-electron chi connectivity index (χ2n) is 9.58. The lowest BCUT2D eigenvalue weighted by Crippen LogP contribution is -2.57. The zero-order valence-corrected chi connectivity index (χ0v) is 20.8. The van der Waals surface area contributed by atoms with E-state index in [1.807, 2.05) is 38.1 Å². The van der Waals surface area contributed by atoms with Gasteiger partial charge in [-0.25, -0.2) is 4.79 Å². The van der Waals surface area contributed by atoms with Crippen LogP contribution in [0.3, 0.4) is 0 Å². The summed E-state index contributed by atoms with van der Waals surface area (Å²) in [4.78, 5) is 66.5. The molecule has 4 atom stereocenters. The summed E-state index contributed by atoms with van der Waals surface area (Å²) >= 11 is 0. The predicted molar refractivity (Wildman–Crippen MR) is 133 cm³/mol. The van der Waals surface area contributed by atoms with Gasteiger partial charge in [-0.1, -0.05) is 32.0 Å². The first-order valence-corrected chi connectivity index (χ1v) is 12.2. The molecule has 12 heteroatoms. The number of nitrogens with zero attached hydrogens (tertiary/aromatic N) is 1. The van der Waals surface area contributed by atoms with Gasteiger partial charge in [-0.3, -0.25) is 19.2 Å². The maximum absolute atomic E-state index is 13.3. The quantitative estimate of drug-likeness (QED) is 0.244. The van der Waals surface area contributed by atoms with Crippen molar-refractivity contribution in [1.29, 1.82) is 0 Å². The van der Waals surface area contributed by atoms with Gasteiger partial charge >= 0.3 is 11.9 Å². The van der Waals surface area contributed by atoms with E-state index in [0.29, 0.717) is 24.9 Å². The molecule has 0 bridgehead atoms. The number of likely N-dealkylation sites (tertiary alicyclic amines) is 1. The van der Waals surface area contributed by atoms with Crippen LogP contribution in [-0.2, 0) is 30.4 Å². The van der Waals surface area contributed by atoms with Crippen molar-refractivity contribution in [3.8, 4) is 0 Å². The van der Waals surface area contributed by atoms with Crippen molar-refractivity contribution in [3.63, 3.8) is 0 Å². The second kappa shape index (κ2) is 11.9. The summed E-state index contributed by atoms with van der Waals surface area (Å²) in [5.74, 6) is -4.79. The predicted octanol–water partition coefficient (Wildman–Crippen LogP) is 0.214. The van der Waals surface area contributed by atoms with Crippen LogP contribution in [0.4, 0.5) is 0 Å². The summed E-state index contributed by atoms with van der Waals surface area (Å²) in [7, 11) is 0. The van der Waals surface area contributed by atoms with Crippen LogP contribution < -0.4 is 16.4 Å². The molecule has 2 aromatic rings. The molecule has 12 nitrogen and oxygen atoms in total. The molecule has 7 N–H and O–H groups in total. The Kier molecular flexibility index (Phi) is 8.87. The van der Waals surface area contributed by atoms with Crippen LogP contribution in [-0.4, -0.2) is 80.5 Å². The fourth-order valence-corrected chi connectivity index (χ4v) is 4.42. The van der Waals surface area contributed by atoms with Gasteiger partial charge in [-0.15, -0.1) is 0 Å². The first kappa shape index (κ1) is 27.7. The number of aromatic nitrogens is 1. The van der Waals surface area contributed by atoms with E-state index in [9.17, 15) is 29.1 Å². The van der Waals surface area contributed by atoms with E-state index in [-0.39, 0.29) is 18.2 Å². The van der Waals surface area contributed by atoms with Gasteiger partial charge in [0.1, 0.15) is 18.1 Å². The topological polar surface area (TPSA) is 195 Å². The minimum atomic E-state index is -1.68. The highest BCUT2D eigenvalue weighted by atomic mass is 16.4. The standard InChI is InChI=1S/C25H33N5O7/c1-13(2)21(26)24(35)30-9-5-8-19(30)23(34)28-17(22(33)29-18(25(36)37)11-20(31)32)10-14-12-27-16-7-4-3-6-15(14)16/h3-4,6-7,12-13,17-19,21,27H,5,8-11,26H2,1-2H3,(H,28,34)(H,29,33)(H,31,32)(H,36,37). The number of nitrogens with two attached hydrogens (primary N) is 1. The number of H-pyrrole nitrogens is 1. The summed E-state index contributed by atoms with van der Waals surface area (Å²) in [5.41, 5.74) is 7.53. The van der Waals surface area contributed by atoms with E-state index in [1.165, 1.54) is 4.90 Å². The molecule has 1 aliphatic heterocycles. The molecule has 1 fully saturated rings. The normalized spacial score (nSPS) is 17.8. The number of aliphatic carboxylic acids is 2. The van der Waals surface area contributed by atoms with Crippen LogP contribution in [0.25, 0.3) is 10.9 Å². The van der Waals surface area contributed by atoms with Gasteiger partial charge in [0.25, 0.3) is 0 Å². The number of nitrogens with one attached hydrogen (secondary N) is 3. The van der Waals surface area contributed by atoms with Crippen LogP contribution in [0.5, 0.6) is 0 Å². The Bertz CT molecular complexity index is 1180. The van der Waals surface area contributed by atoms with Crippen molar-refractivity contribution >= 4 is 40.6 Å². The molecule has 0 aliphatic carbocycles. The largest absolute Gasteiger partial charge is 0.481 e. The SMILES string of the molecule is CC(C)C(N)C(=O)N1CCCC1C(=O)NC(Cc1c[nH]c2ccccc12)C(=O)NC(CC(=O)O)C(=O)O. The summed E-state index contributed by atoms with van der Waals surface area (Å²) in [6.45, 7) is 3.98. The second-order valence-corrected chi connectivity index (χ2v) is 9.58. The zero-order chi connectivity index (χ0) is 27.3. The molecule has 4 unspecified atom stereocenters. The van der Waals surface area contributed by atoms with Crippen molar-refractivity contribution in [2.75, 3.05) is 6.54 Å². The Labute approximate surface area is 213 Å². The van der Waals surface area contributed by atoms with Gasteiger partial charge in [-0.2, -0.15) is 0 Å². The van der Waals surface area contributed by atoms with Crippen LogP contribution in [0.15, 0.2) is 30.5 Å². The van der Waals surface area contributed by atoms with Gasteiger partial charge in [0.2, 0.25) is 17.7 Å². The Morgan fingerprint density at radius 2 is 1.81 bits per heavy atom. The minimum absolute atomic E-state index is 0.00711. The highest BCUT2D eigenvalue weighted by Crippen LogP contribution is 2.22. The van der Waals surface area contributed by atoms with Gasteiger partial charge < -0.3 is 36.5 Å². The van der Waals surface area contributed by atoms with Gasteiger partial charge in [0.15, 0.2) is 0 Å². The number of rotatable bonds is 11. The number of fused-ring (bicyclic) bond motifs is 1. The van der Waals surface area contributed by atoms with Crippen LogP contribution >= 0.6 is 0 Å². The van der Waals surface area contributed by atoms with Gasteiger partial charge in [0.05, 0.1) is 12.5 Å². The first-order chi connectivity index (χ1) is 17.5. The summed E-state index contributed by atoms with van der Waals surface area (Å²) < 4.78 is 0. The Morgan fingerprint density at radius 3 is 2.46 bits per heavy atom. The fraction of sp³-hybridized carbons (Fsp3) is 0.480. The number of carboxylic acid groups (broad SMARTS) is 2. The van der Waals surface area contributed by atoms with Gasteiger partial charge in [-0.05, 0) is 30.4 Å². The smallest absolute Gasteiger partial charge is 0.326 e. The molecule has 1 aromatic carbocycles. The maximum atomic E-state index is 13.3. The Morgan fingerprint density at radius 1 is 1.11 bits per heavy atom. The fourth-order valence-electron chi connectivity index (χ4n) is 4.42. The average molecular weight is 516 g/mol. The Balaban J connectivity index is 1.84. The van der Waals surface area contributed by atoms with E-state index < -0.39 is 54.3 Å². The molecule has 1 aromatic heterocycles. The molecular weight excluding hydrogens is 482 g/mol. The van der Waals surface area contributed by atoms with Crippen molar-refractivity contribution in [2.45, 2.75) is 63.7 Å².